The number of amides is 1. The van der Waals surface area contributed by atoms with Crippen molar-refractivity contribution >= 4 is 5.91 Å². The summed E-state index contributed by atoms with van der Waals surface area (Å²) in [7, 11) is 1.61. The number of carbonyl (C=O) groups excluding carboxylic acids is 1. The van der Waals surface area contributed by atoms with E-state index in [2.05, 4.69) is 5.32 Å². The molecule has 1 amide bonds. The van der Waals surface area contributed by atoms with Crippen LogP contribution >= 0.6 is 0 Å². The van der Waals surface area contributed by atoms with Gasteiger partial charge in [0.15, 0.2) is 0 Å². The van der Waals surface area contributed by atoms with Crippen LogP contribution in [0.25, 0.3) is 0 Å². The highest BCUT2D eigenvalue weighted by atomic mass is 16.5. The third kappa shape index (κ3) is 6.00. The molecule has 0 aromatic heterocycles. The van der Waals surface area contributed by atoms with Crippen LogP contribution in [-0.2, 0) is 16.1 Å². The second kappa shape index (κ2) is 9.09. The van der Waals surface area contributed by atoms with E-state index in [-0.39, 0.29) is 19.0 Å². The highest BCUT2D eigenvalue weighted by molar-refractivity contribution is 5.78. The lowest BCUT2D eigenvalue weighted by atomic mass is 10.2. The Morgan fingerprint density at radius 3 is 2.79 bits per heavy atom. The number of methoxy groups -OCH3 is 1. The zero-order valence-electron chi connectivity index (χ0n) is 11.1. The van der Waals surface area contributed by atoms with Gasteiger partial charge in [-0.1, -0.05) is 30.3 Å². The predicted molar refractivity (Wildman–Crippen MR) is 72.2 cm³/mol. The third-order valence-electron chi connectivity index (χ3n) is 2.59. The molecule has 19 heavy (non-hydrogen) atoms. The van der Waals surface area contributed by atoms with Crippen LogP contribution in [0.15, 0.2) is 30.3 Å². The summed E-state index contributed by atoms with van der Waals surface area (Å²) in [6.07, 6.45) is 0. The number of nitrogens with one attached hydrogen (secondary N) is 1. The van der Waals surface area contributed by atoms with Crippen molar-refractivity contribution in [2.75, 3.05) is 33.4 Å². The van der Waals surface area contributed by atoms with Gasteiger partial charge in [0.25, 0.3) is 0 Å². The van der Waals surface area contributed by atoms with Crippen LogP contribution in [-0.4, -0.2) is 44.2 Å². The Balaban J connectivity index is 2.47. The molecule has 0 atom stereocenters. The van der Waals surface area contributed by atoms with Crippen LogP contribution in [0.5, 0.6) is 0 Å². The molecular weight excluding hydrogens is 242 g/mol. The maximum Gasteiger partial charge on any atom is 0.237 e. The highest BCUT2D eigenvalue weighted by Crippen LogP contribution is 2.04. The quantitative estimate of drug-likeness (QED) is 0.554. The molecule has 0 aliphatic heterocycles. The molecule has 102 valence electrons. The number of benzene rings is 1. The molecule has 0 fully saturated rings. The Morgan fingerprint density at radius 1 is 1.42 bits per heavy atom. The molecule has 0 unspecified atom stereocenters. The van der Waals surface area contributed by atoms with Gasteiger partial charge in [-0.3, -0.25) is 4.79 Å². The average Bonchev–Trinajstić information content (AvgIpc) is 2.44. The molecule has 1 aromatic rings. The fraction of sp³-hybridized carbons (Fsp3) is 0.429. The van der Waals surface area contributed by atoms with Gasteiger partial charge in [-0.15, -0.1) is 0 Å². The summed E-state index contributed by atoms with van der Waals surface area (Å²) in [5, 5.41) is 11.8. The number of hydrogen-bond acceptors (Lipinski definition) is 4. The van der Waals surface area contributed by atoms with Crippen molar-refractivity contribution in [2.45, 2.75) is 6.54 Å². The summed E-state index contributed by atoms with van der Waals surface area (Å²) in [5.41, 5.74) is 1.02. The molecule has 0 aliphatic carbocycles. The minimum absolute atomic E-state index is 0.0819. The Morgan fingerprint density at radius 2 is 2.16 bits per heavy atom. The number of hydrogen-bond donors (Lipinski definition) is 1. The van der Waals surface area contributed by atoms with Crippen LogP contribution in [0.2, 0.25) is 0 Å². The Hall–Kier alpha value is -1.90. The highest BCUT2D eigenvalue weighted by Gasteiger charge is 2.12. The van der Waals surface area contributed by atoms with Crippen LogP contribution in [0.1, 0.15) is 5.56 Å². The lowest BCUT2D eigenvalue weighted by Gasteiger charge is -2.20. The second-order valence-electron chi connectivity index (χ2n) is 4.06. The largest absolute Gasteiger partial charge is 0.383 e. The van der Waals surface area contributed by atoms with Crippen molar-refractivity contribution in [2.24, 2.45) is 0 Å². The molecule has 0 spiro atoms. The van der Waals surface area contributed by atoms with E-state index in [0.717, 1.165) is 5.56 Å². The van der Waals surface area contributed by atoms with E-state index in [9.17, 15) is 4.79 Å². The van der Waals surface area contributed by atoms with E-state index in [1.807, 2.05) is 36.4 Å². The SMILES string of the molecule is COCCNCC(=O)N(CC#N)Cc1ccccc1. The summed E-state index contributed by atoms with van der Waals surface area (Å²) in [6.45, 7) is 1.95. The molecule has 5 heteroatoms. The number of ether oxygens (including phenoxy) is 1. The number of rotatable bonds is 8. The third-order valence-corrected chi connectivity index (χ3v) is 2.59. The Labute approximate surface area is 113 Å². The van der Waals surface area contributed by atoms with Crippen molar-refractivity contribution in [3.05, 3.63) is 35.9 Å². The fourth-order valence-electron chi connectivity index (χ4n) is 1.60. The molecule has 0 heterocycles. The zero-order chi connectivity index (χ0) is 13.9. The Kier molecular flexibility index (Phi) is 7.25. The van der Waals surface area contributed by atoms with Gasteiger partial charge in [0, 0.05) is 20.2 Å². The van der Waals surface area contributed by atoms with E-state index in [0.29, 0.717) is 19.7 Å². The summed E-state index contributed by atoms with van der Waals surface area (Å²) in [4.78, 5) is 13.5. The van der Waals surface area contributed by atoms with Crippen LogP contribution in [0.4, 0.5) is 0 Å². The molecule has 0 aliphatic rings. The standard InChI is InChI=1S/C14H19N3O2/c1-19-10-8-16-11-14(18)17(9-7-15)12-13-5-3-2-4-6-13/h2-6,16H,8-12H2,1H3. The smallest absolute Gasteiger partial charge is 0.237 e. The first kappa shape index (κ1) is 15.2. The van der Waals surface area contributed by atoms with Crippen molar-refractivity contribution in [3.63, 3.8) is 0 Å². The van der Waals surface area contributed by atoms with Crippen molar-refractivity contribution in [3.8, 4) is 6.07 Å². The first-order chi connectivity index (χ1) is 9.27. The van der Waals surface area contributed by atoms with E-state index in [1.165, 1.54) is 4.90 Å². The van der Waals surface area contributed by atoms with Crippen LogP contribution in [0.3, 0.4) is 0 Å². The van der Waals surface area contributed by atoms with Gasteiger partial charge in [0.05, 0.1) is 19.2 Å². The van der Waals surface area contributed by atoms with Gasteiger partial charge in [-0.25, -0.2) is 0 Å². The monoisotopic (exact) mass is 261 g/mol. The number of nitriles is 1. The molecule has 0 saturated heterocycles. The minimum Gasteiger partial charge on any atom is -0.383 e. The van der Waals surface area contributed by atoms with E-state index >= 15 is 0 Å². The first-order valence-electron chi connectivity index (χ1n) is 6.16. The molecule has 0 bridgehead atoms. The van der Waals surface area contributed by atoms with Gasteiger partial charge < -0.3 is 15.0 Å². The van der Waals surface area contributed by atoms with Crippen molar-refractivity contribution < 1.29 is 9.53 Å². The fourth-order valence-corrected chi connectivity index (χ4v) is 1.60. The summed E-state index contributed by atoms with van der Waals surface area (Å²) in [5.74, 6) is -0.0819. The van der Waals surface area contributed by atoms with Crippen molar-refractivity contribution in [1.82, 2.24) is 10.2 Å². The van der Waals surface area contributed by atoms with E-state index < -0.39 is 0 Å². The minimum atomic E-state index is -0.0819. The van der Waals surface area contributed by atoms with Gasteiger partial charge >= 0.3 is 0 Å². The van der Waals surface area contributed by atoms with E-state index in [4.69, 9.17) is 10.00 Å². The average molecular weight is 261 g/mol. The van der Waals surface area contributed by atoms with Gasteiger partial charge in [-0.2, -0.15) is 5.26 Å². The first-order valence-corrected chi connectivity index (χ1v) is 6.16. The second-order valence-corrected chi connectivity index (χ2v) is 4.06. The number of carbonyl (C=O) groups is 1. The van der Waals surface area contributed by atoms with Gasteiger partial charge in [0.1, 0.15) is 6.54 Å². The molecule has 1 rings (SSSR count). The van der Waals surface area contributed by atoms with Crippen LogP contribution < -0.4 is 5.32 Å². The van der Waals surface area contributed by atoms with Gasteiger partial charge in [0.2, 0.25) is 5.91 Å². The maximum absolute atomic E-state index is 12.0. The zero-order valence-corrected chi connectivity index (χ0v) is 11.1. The van der Waals surface area contributed by atoms with Gasteiger partial charge in [-0.05, 0) is 5.56 Å². The molecule has 0 radical (unpaired) electrons. The molecule has 1 aromatic carbocycles. The maximum atomic E-state index is 12.0. The number of nitrogens with zero attached hydrogens (tertiary/aromatic N) is 2. The van der Waals surface area contributed by atoms with E-state index in [1.54, 1.807) is 7.11 Å². The molecule has 1 N–H and O–H groups in total. The van der Waals surface area contributed by atoms with Crippen molar-refractivity contribution in [1.29, 1.82) is 5.26 Å². The van der Waals surface area contributed by atoms with Crippen LogP contribution in [0, 0.1) is 11.3 Å². The topological polar surface area (TPSA) is 65.4 Å². The summed E-state index contributed by atoms with van der Waals surface area (Å²) < 4.78 is 4.89. The normalized spacial score (nSPS) is 9.89. The molecule has 5 nitrogen and oxygen atoms in total. The predicted octanol–water partition coefficient (Wildman–Crippen LogP) is 0.775. The summed E-state index contributed by atoms with van der Waals surface area (Å²) >= 11 is 0. The molecule has 0 saturated carbocycles. The Bertz CT molecular complexity index is 414. The lowest BCUT2D eigenvalue weighted by molar-refractivity contribution is -0.130. The molecular formula is C14H19N3O2. The lowest BCUT2D eigenvalue weighted by Crippen LogP contribution is -2.38. The summed E-state index contributed by atoms with van der Waals surface area (Å²) in [6, 6.07) is 11.7.